The largest absolute Gasteiger partial charge is 0.494 e. The summed E-state index contributed by atoms with van der Waals surface area (Å²) in [5, 5.41) is 0. The Hall–Kier alpha value is -2.13. The predicted molar refractivity (Wildman–Crippen MR) is 95.9 cm³/mol. The molecule has 3 N–H and O–H groups in total. The minimum atomic E-state index is -3.83. The Morgan fingerprint density at radius 3 is 2.35 bits per heavy atom. The van der Waals surface area contributed by atoms with E-state index in [1.165, 1.54) is 19.1 Å². The highest BCUT2D eigenvalue weighted by molar-refractivity contribution is 7.89. The third-order valence-corrected chi connectivity index (χ3v) is 5.91. The summed E-state index contributed by atoms with van der Waals surface area (Å²) in [6.45, 7) is 4.62. The van der Waals surface area contributed by atoms with Crippen LogP contribution < -0.4 is 15.2 Å². The van der Waals surface area contributed by atoms with Crippen molar-refractivity contribution in [3.05, 3.63) is 24.3 Å². The number of hydrogen-bond donors (Lipinski definition) is 2. The van der Waals surface area contributed by atoms with Crippen LogP contribution in [0, 0.1) is 5.92 Å². The van der Waals surface area contributed by atoms with Gasteiger partial charge in [0.05, 0.1) is 17.5 Å². The zero-order valence-electron chi connectivity index (χ0n) is 15.0. The molecule has 0 bridgehead atoms. The van der Waals surface area contributed by atoms with E-state index in [9.17, 15) is 18.0 Å². The number of nitrogens with two attached hydrogens (primary N) is 1. The topological polar surface area (TPSA) is 119 Å². The zero-order valence-corrected chi connectivity index (χ0v) is 15.8. The highest BCUT2D eigenvalue weighted by atomic mass is 32.2. The molecule has 1 atom stereocenters. The third kappa shape index (κ3) is 4.95. The standard InChI is InChI=1S/C17H25N3O5S/c1-3-25-14-4-6-15(7-5-14)26(23,24)19-12(2)17(22)20-10-8-13(9-11-20)16(18)21/h4-7,12-13,19H,3,8-11H2,1-2H3,(H2,18,21)/t12-/m0/s1. The summed E-state index contributed by atoms with van der Waals surface area (Å²) in [4.78, 5) is 25.3. The average Bonchev–Trinajstić information content (AvgIpc) is 2.61. The number of amides is 2. The maximum absolute atomic E-state index is 12.5. The summed E-state index contributed by atoms with van der Waals surface area (Å²) < 4.78 is 32.6. The number of carbonyl (C=O) groups excluding carboxylic acids is 2. The van der Waals surface area contributed by atoms with E-state index in [0.717, 1.165) is 0 Å². The molecule has 0 spiro atoms. The van der Waals surface area contributed by atoms with Crippen LogP contribution in [0.4, 0.5) is 0 Å². The number of carbonyl (C=O) groups is 2. The van der Waals surface area contributed by atoms with Gasteiger partial charge in [0.2, 0.25) is 21.8 Å². The van der Waals surface area contributed by atoms with Crippen LogP contribution >= 0.6 is 0 Å². The van der Waals surface area contributed by atoms with Crippen molar-refractivity contribution >= 4 is 21.8 Å². The van der Waals surface area contributed by atoms with E-state index in [4.69, 9.17) is 10.5 Å². The molecule has 0 aromatic heterocycles. The van der Waals surface area contributed by atoms with Gasteiger partial charge >= 0.3 is 0 Å². The van der Waals surface area contributed by atoms with Crippen molar-refractivity contribution in [2.45, 2.75) is 37.6 Å². The summed E-state index contributed by atoms with van der Waals surface area (Å²) in [6, 6.07) is 5.10. The van der Waals surface area contributed by atoms with Crippen LogP contribution in [0.2, 0.25) is 0 Å². The first-order chi connectivity index (χ1) is 12.2. The van der Waals surface area contributed by atoms with Gasteiger partial charge in [-0.3, -0.25) is 9.59 Å². The Bertz CT molecular complexity index is 740. The molecule has 1 aliphatic rings. The minimum Gasteiger partial charge on any atom is -0.494 e. The lowest BCUT2D eigenvalue weighted by molar-refractivity contribution is -0.136. The summed E-state index contributed by atoms with van der Waals surface area (Å²) >= 11 is 0. The first kappa shape index (κ1) is 20.2. The van der Waals surface area contributed by atoms with E-state index in [-0.39, 0.29) is 22.6 Å². The number of nitrogens with one attached hydrogen (secondary N) is 1. The molecule has 2 rings (SSSR count). The van der Waals surface area contributed by atoms with Gasteiger partial charge in [0, 0.05) is 19.0 Å². The molecule has 2 amide bonds. The highest BCUT2D eigenvalue weighted by Gasteiger charge is 2.30. The number of nitrogens with zero attached hydrogens (tertiary/aromatic N) is 1. The summed E-state index contributed by atoms with van der Waals surface area (Å²) in [5.41, 5.74) is 5.28. The fraction of sp³-hybridized carbons (Fsp3) is 0.529. The summed E-state index contributed by atoms with van der Waals surface area (Å²) in [5.74, 6) is -0.327. The molecule has 1 aliphatic heterocycles. The van der Waals surface area contributed by atoms with Crippen LogP contribution in [-0.4, -0.2) is 50.9 Å². The predicted octanol–water partition coefficient (Wildman–Crippen LogP) is 0.476. The average molecular weight is 383 g/mol. The van der Waals surface area contributed by atoms with Gasteiger partial charge in [-0.05, 0) is 51.0 Å². The maximum atomic E-state index is 12.5. The number of ether oxygens (including phenoxy) is 1. The first-order valence-corrected chi connectivity index (χ1v) is 10.1. The Morgan fingerprint density at radius 2 is 1.85 bits per heavy atom. The summed E-state index contributed by atoms with van der Waals surface area (Å²) in [6.07, 6.45) is 0.999. The Labute approximate surface area is 153 Å². The lowest BCUT2D eigenvalue weighted by Gasteiger charge is -2.32. The first-order valence-electron chi connectivity index (χ1n) is 8.58. The second-order valence-electron chi connectivity index (χ2n) is 6.25. The Kier molecular flexibility index (Phi) is 6.60. The van der Waals surface area contributed by atoms with Crippen LogP contribution in [0.25, 0.3) is 0 Å². The number of likely N-dealkylation sites (tertiary alicyclic amines) is 1. The Balaban J connectivity index is 1.98. The molecule has 0 unspecified atom stereocenters. The molecule has 8 nitrogen and oxygen atoms in total. The van der Waals surface area contributed by atoms with Crippen molar-refractivity contribution in [2.24, 2.45) is 11.7 Å². The lowest BCUT2D eigenvalue weighted by Crippen LogP contribution is -2.50. The van der Waals surface area contributed by atoms with E-state index in [1.54, 1.807) is 17.0 Å². The molecule has 1 heterocycles. The van der Waals surface area contributed by atoms with Gasteiger partial charge in [0.1, 0.15) is 5.75 Å². The molecule has 1 aromatic carbocycles. The minimum absolute atomic E-state index is 0.0630. The number of hydrogen-bond acceptors (Lipinski definition) is 5. The molecule has 26 heavy (non-hydrogen) atoms. The van der Waals surface area contributed by atoms with Crippen molar-refractivity contribution in [2.75, 3.05) is 19.7 Å². The van der Waals surface area contributed by atoms with Crippen LogP contribution in [-0.2, 0) is 19.6 Å². The van der Waals surface area contributed by atoms with E-state index in [1.807, 2.05) is 6.92 Å². The molecule has 144 valence electrons. The van der Waals surface area contributed by atoms with Gasteiger partial charge in [-0.25, -0.2) is 8.42 Å². The molecule has 1 fully saturated rings. The second kappa shape index (κ2) is 8.50. The molecule has 9 heteroatoms. The number of benzene rings is 1. The molecular formula is C17H25N3O5S. The normalized spacial score (nSPS) is 16.9. The molecule has 0 aliphatic carbocycles. The molecule has 1 saturated heterocycles. The maximum Gasteiger partial charge on any atom is 0.241 e. The van der Waals surface area contributed by atoms with E-state index in [2.05, 4.69) is 4.72 Å². The fourth-order valence-electron chi connectivity index (χ4n) is 2.89. The smallest absolute Gasteiger partial charge is 0.241 e. The second-order valence-corrected chi connectivity index (χ2v) is 7.96. The number of sulfonamides is 1. The van der Waals surface area contributed by atoms with Crippen molar-refractivity contribution in [3.63, 3.8) is 0 Å². The lowest BCUT2D eigenvalue weighted by atomic mass is 9.96. The van der Waals surface area contributed by atoms with Gasteiger partial charge in [0.25, 0.3) is 0 Å². The zero-order chi connectivity index (χ0) is 19.3. The van der Waals surface area contributed by atoms with Crippen molar-refractivity contribution in [1.29, 1.82) is 0 Å². The third-order valence-electron chi connectivity index (χ3n) is 4.36. The Morgan fingerprint density at radius 1 is 1.27 bits per heavy atom. The van der Waals surface area contributed by atoms with Crippen LogP contribution in [0.1, 0.15) is 26.7 Å². The van der Waals surface area contributed by atoms with Crippen LogP contribution in [0.5, 0.6) is 5.75 Å². The van der Waals surface area contributed by atoms with E-state index < -0.39 is 16.1 Å². The quantitative estimate of drug-likeness (QED) is 0.710. The number of primary amides is 1. The fourth-order valence-corrected chi connectivity index (χ4v) is 4.09. The van der Waals surface area contributed by atoms with Crippen LogP contribution in [0.3, 0.4) is 0 Å². The van der Waals surface area contributed by atoms with Crippen molar-refractivity contribution < 1.29 is 22.7 Å². The van der Waals surface area contributed by atoms with E-state index in [0.29, 0.717) is 38.3 Å². The molecular weight excluding hydrogens is 358 g/mol. The molecule has 1 aromatic rings. The van der Waals surface area contributed by atoms with Crippen molar-refractivity contribution in [3.8, 4) is 5.75 Å². The monoisotopic (exact) mass is 383 g/mol. The van der Waals surface area contributed by atoms with E-state index >= 15 is 0 Å². The van der Waals surface area contributed by atoms with Crippen molar-refractivity contribution in [1.82, 2.24) is 9.62 Å². The van der Waals surface area contributed by atoms with Gasteiger partial charge in [-0.15, -0.1) is 0 Å². The number of rotatable bonds is 7. The van der Waals surface area contributed by atoms with Gasteiger partial charge in [-0.1, -0.05) is 0 Å². The molecule has 0 radical (unpaired) electrons. The van der Waals surface area contributed by atoms with Gasteiger partial charge < -0.3 is 15.4 Å². The SMILES string of the molecule is CCOc1ccc(S(=O)(=O)N[C@@H](C)C(=O)N2CCC(C(N)=O)CC2)cc1. The van der Waals surface area contributed by atoms with Gasteiger partial charge in [0.15, 0.2) is 0 Å². The number of piperidine rings is 1. The summed E-state index contributed by atoms with van der Waals surface area (Å²) in [7, 11) is -3.83. The highest BCUT2D eigenvalue weighted by Crippen LogP contribution is 2.19. The van der Waals surface area contributed by atoms with Crippen LogP contribution in [0.15, 0.2) is 29.2 Å². The molecule has 0 saturated carbocycles. The van der Waals surface area contributed by atoms with Gasteiger partial charge in [-0.2, -0.15) is 4.72 Å².